The van der Waals surface area contributed by atoms with Crippen molar-refractivity contribution in [1.82, 2.24) is 16.2 Å². The molecule has 5 aromatic carbocycles. The minimum absolute atomic E-state index is 0.0263. The second-order valence-corrected chi connectivity index (χ2v) is 12.6. The first-order valence-electron chi connectivity index (χ1n) is 15.6. The van der Waals surface area contributed by atoms with E-state index in [9.17, 15) is 24.3 Å². The van der Waals surface area contributed by atoms with Crippen molar-refractivity contribution in [1.29, 1.82) is 0 Å². The van der Waals surface area contributed by atoms with E-state index in [2.05, 4.69) is 16.2 Å². The van der Waals surface area contributed by atoms with E-state index in [-0.39, 0.29) is 18.3 Å². The summed E-state index contributed by atoms with van der Waals surface area (Å²) in [6.45, 7) is 0.0263. The SMILES string of the molecule is O=C(NNC(=O)C(CSC(c1ccccc1)(c1ccccc1)c1ccccc1)NC(=O)C(=O)O)OCC1c2ccccc2-c2ccccc21. The van der Waals surface area contributed by atoms with Crippen LogP contribution in [0.15, 0.2) is 140 Å². The van der Waals surface area contributed by atoms with Crippen LogP contribution in [0.5, 0.6) is 0 Å². The van der Waals surface area contributed by atoms with Crippen LogP contribution in [0.3, 0.4) is 0 Å². The lowest BCUT2D eigenvalue weighted by molar-refractivity contribution is -0.150. The molecule has 49 heavy (non-hydrogen) atoms. The number of ether oxygens (including phenoxy) is 1. The van der Waals surface area contributed by atoms with Gasteiger partial charge in [0.05, 0.1) is 4.75 Å². The average molecular weight is 672 g/mol. The highest BCUT2D eigenvalue weighted by atomic mass is 32.2. The van der Waals surface area contributed by atoms with E-state index in [0.29, 0.717) is 0 Å². The number of hydrogen-bond acceptors (Lipinski definition) is 6. The van der Waals surface area contributed by atoms with Gasteiger partial charge in [-0.3, -0.25) is 15.0 Å². The number of hydrogen-bond donors (Lipinski definition) is 4. The lowest BCUT2D eigenvalue weighted by Crippen LogP contribution is -2.55. The Hall–Kier alpha value is -5.87. The molecule has 6 rings (SSSR count). The molecule has 4 N–H and O–H groups in total. The third-order valence-corrected chi connectivity index (χ3v) is 10.1. The van der Waals surface area contributed by atoms with Crippen molar-refractivity contribution in [3.8, 4) is 11.1 Å². The molecule has 0 aromatic heterocycles. The number of carbonyl (C=O) groups excluding carboxylic acids is 3. The van der Waals surface area contributed by atoms with Crippen LogP contribution in [0, 0.1) is 0 Å². The smallest absolute Gasteiger partial charge is 0.426 e. The zero-order valence-corrected chi connectivity index (χ0v) is 27.1. The third-order valence-electron chi connectivity index (χ3n) is 8.45. The molecule has 0 bridgehead atoms. The molecule has 0 saturated carbocycles. The molecule has 0 fully saturated rings. The second kappa shape index (κ2) is 14.9. The summed E-state index contributed by atoms with van der Waals surface area (Å²) in [5.74, 6) is -4.16. The van der Waals surface area contributed by atoms with E-state index in [1.807, 2.05) is 140 Å². The Labute approximate surface area is 287 Å². The minimum atomic E-state index is -1.74. The summed E-state index contributed by atoms with van der Waals surface area (Å²) in [6.07, 6.45) is -0.904. The van der Waals surface area contributed by atoms with Gasteiger partial charge in [-0.05, 0) is 38.9 Å². The third kappa shape index (κ3) is 7.05. The Morgan fingerprint density at radius 3 is 1.57 bits per heavy atom. The Balaban J connectivity index is 1.20. The molecule has 0 saturated heterocycles. The number of nitrogens with one attached hydrogen (secondary N) is 3. The first-order chi connectivity index (χ1) is 23.9. The van der Waals surface area contributed by atoms with Gasteiger partial charge in [0.15, 0.2) is 0 Å². The molecule has 5 aromatic rings. The highest BCUT2D eigenvalue weighted by molar-refractivity contribution is 8.00. The maximum Gasteiger partial charge on any atom is 0.426 e. The molecule has 10 heteroatoms. The molecule has 0 aliphatic heterocycles. The van der Waals surface area contributed by atoms with Crippen molar-refractivity contribution < 1.29 is 29.0 Å². The number of carbonyl (C=O) groups is 4. The summed E-state index contributed by atoms with van der Waals surface area (Å²) >= 11 is 1.35. The molecular formula is C39H33N3O6S. The summed E-state index contributed by atoms with van der Waals surface area (Å²) < 4.78 is 4.67. The van der Waals surface area contributed by atoms with Gasteiger partial charge in [0.2, 0.25) is 0 Å². The number of carboxylic acids is 1. The summed E-state index contributed by atoms with van der Waals surface area (Å²) in [5, 5.41) is 11.7. The van der Waals surface area contributed by atoms with Gasteiger partial charge in [0, 0.05) is 11.7 Å². The van der Waals surface area contributed by atoms with E-state index in [0.717, 1.165) is 38.9 Å². The van der Waals surface area contributed by atoms with Crippen LogP contribution in [0.2, 0.25) is 0 Å². The highest BCUT2D eigenvalue weighted by Gasteiger charge is 2.39. The largest absolute Gasteiger partial charge is 0.474 e. The van der Waals surface area contributed by atoms with Gasteiger partial charge in [-0.25, -0.2) is 15.0 Å². The van der Waals surface area contributed by atoms with Crippen molar-refractivity contribution in [2.75, 3.05) is 12.4 Å². The number of thioether (sulfide) groups is 1. The van der Waals surface area contributed by atoms with Gasteiger partial charge < -0.3 is 15.2 Å². The monoisotopic (exact) mass is 671 g/mol. The summed E-state index contributed by atoms with van der Waals surface area (Å²) in [7, 11) is 0. The zero-order valence-electron chi connectivity index (χ0n) is 26.2. The van der Waals surface area contributed by atoms with Crippen LogP contribution in [0.1, 0.15) is 33.7 Å². The van der Waals surface area contributed by atoms with Crippen molar-refractivity contribution in [2.24, 2.45) is 0 Å². The number of fused-ring (bicyclic) bond motifs is 3. The molecule has 0 heterocycles. The molecule has 1 aliphatic carbocycles. The maximum absolute atomic E-state index is 13.5. The fourth-order valence-electron chi connectivity index (χ4n) is 6.21. The van der Waals surface area contributed by atoms with Crippen LogP contribution >= 0.6 is 11.8 Å². The van der Waals surface area contributed by atoms with Gasteiger partial charge in [-0.15, -0.1) is 11.8 Å². The predicted molar refractivity (Wildman–Crippen MR) is 188 cm³/mol. The molecule has 0 spiro atoms. The van der Waals surface area contributed by atoms with E-state index in [1.165, 1.54) is 11.8 Å². The number of aliphatic carboxylic acids is 1. The van der Waals surface area contributed by atoms with Crippen molar-refractivity contribution in [3.63, 3.8) is 0 Å². The fourth-order valence-corrected chi connectivity index (χ4v) is 7.77. The van der Waals surface area contributed by atoms with Crippen LogP contribution < -0.4 is 16.2 Å². The second-order valence-electron chi connectivity index (χ2n) is 11.4. The van der Waals surface area contributed by atoms with Gasteiger partial charge in [0.25, 0.3) is 5.91 Å². The summed E-state index contributed by atoms with van der Waals surface area (Å²) in [5.41, 5.74) is 11.5. The standard InChI is InChI=1S/C39H33N3O6S/c43-35(41-42-38(47)48-24-33-31-22-12-10-20-29(31)30-21-11-13-23-32(30)33)34(40-36(44)37(45)46)25-49-39(26-14-4-1-5-15-26,27-16-6-2-7-17-27)28-18-8-3-9-19-28/h1-23,33-34H,24-25H2,(H,40,44)(H,41,43)(H,42,47)(H,45,46). The zero-order chi connectivity index (χ0) is 34.2. The molecule has 3 amide bonds. The number of carboxylic acid groups (broad SMARTS) is 1. The highest BCUT2D eigenvalue weighted by Crippen LogP contribution is 2.49. The topological polar surface area (TPSA) is 134 Å². The van der Waals surface area contributed by atoms with E-state index >= 15 is 0 Å². The Bertz CT molecular complexity index is 1810. The van der Waals surface area contributed by atoms with E-state index < -0.39 is 34.7 Å². The van der Waals surface area contributed by atoms with Crippen molar-refractivity contribution in [2.45, 2.75) is 16.7 Å². The minimum Gasteiger partial charge on any atom is -0.474 e. The lowest BCUT2D eigenvalue weighted by atomic mass is 9.84. The van der Waals surface area contributed by atoms with Crippen molar-refractivity contribution in [3.05, 3.63) is 167 Å². The first kappa shape index (κ1) is 33.0. The number of benzene rings is 5. The molecule has 1 atom stereocenters. The van der Waals surface area contributed by atoms with Crippen LogP contribution in [-0.2, 0) is 23.9 Å². The Kier molecular flexibility index (Phi) is 10.1. The normalized spacial score (nSPS) is 12.6. The molecule has 9 nitrogen and oxygen atoms in total. The van der Waals surface area contributed by atoms with Crippen molar-refractivity contribution >= 4 is 35.6 Å². The molecule has 1 unspecified atom stereocenters. The predicted octanol–water partition coefficient (Wildman–Crippen LogP) is 5.85. The molecule has 1 aliphatic rings. The average Bonchev–Trinajstić information content (AvgIpc) is 3.47. The number of hydrazine groups is 1. The molecular weight excluding hydrogens is 639 g/mol. The Morgan fingerprint density at radius 1 is 0.653 bits per heavy atom. The first-order valence-corrected chi connectivity index (χ1v) is 16.6. The van der Waals surface area contributed by atoms with Gasteiger partial charge in [-0.2, -0.15) is 0 Å². The summed E-state index contributed by atoms with van der Waals surface area (Å²) in [6, 6.07) is 43.6. The van der Waals surface area contributed by atoms with E-state index in [4.69, 9.17) is 4.74 Å². The van der Waals surface area contributed by atoms with Gasteiger partial charge in [-0.1, -0.05) is 140 Å². The molecule has 246 valence electrons. The van der Waals surface area contributed by atoms with Gasteiger partial charge in [0.1, 0.15) is 12.6 Å². The molecule has 0 radical (unpaired) electrons. The number of amides is 3. The fraction of sp³-hybridized carbons (Fsp3) is 0.128. The quantitative estimate of drug-likeness (QED) is 0.0832. The number of rotatable bonds is 10. The van der Waals surface area contributed by atoms with Crippen LogP contribution in [0.4, 0.5) is 4.79 Å². The van der Waals surface area contributed by atoms with Crippen LogP contribution in [-0.4, -0.2) is 47.4 Å². The Morgan fingerprint density at radius 2 is 1.10 bits per heavy atom. The summed E-state index contributed by atoms with van der Waals surface area (Å²) in [4.78, 5) is 50.2. The van der Waals surface area contributed by atoms with Gasteiger partial charge >= 0.3 is 18.0 Å². The van der Waals surface area contributed by atoms with Crippen LogP contribution in [0.25, 0.3) is 11.1 Å². The van der Waals surface area contributed by atoms with E-state index in [1.54, 1.807) is 0 Å². The lowest BCUT2D eigenvalue weighted by Gasteiger charge is -2.36. The maximum atomic E-state index is 13.5.